The molecule has 1 aromatic rings. The molecule has 2 N–H and O–H groups in total. The number of allylic oxidation sites excluding steroid dienone is 1. The van der Waals surface area contributed by atoms with Crippen LogP contribution in [-0.4, -0.2) is 23.0 Å². The number of hydrogen-bond acceptors (Lipinski definition) is 2. The lowest BCUT2D eigenvalue weighted by Crippen LogP contribution is -2.46. The average molecular weight is 273 g/mol. The van der Waals surface area contributed by atoms with Crippen molar-refractivity contribution >= 4 is 18.0 Å². The molecule has 4 nitrogen and oxygen atoms in total. The minimum absolute atomic E-state index is 0.00319. The summed E-state index contributed by atoms with van der Waals surface area (Å²) < 4.78 is 0. The van der Waals surface area contributed by atoms with Crippen LogP contribution in [-0.2, 0) is 9.59 Å². The van der Waals surface area contributed by atoms with Gasteiger partial charge in [0.25, 0.3) is 0 Å². The minimum Gasteiger partial charge on any atom is -0.481 e. The molecule has 1 aliphatic carbocycles. The van der Waals surface area contributed by atoms with Crippen LogP contribution in [0.25, 0.3) is 6.08 Å². The zero-order chi connectivity index (χ0) is 14.4. The molecule has 0 spiro atoms. The van der Waals surface area contributed by atoms with Gasteiger partial charge in [-0.05, 0) is 24.8 Å². The second-order valence-electron chi connectivity index (χ2n) is 5.12. The molecule has 1 aliphatic rings. The molecule has 0 atom stereocenters. The van der Waals surface area contributed by atoms with E-state index in [4.69, 9.17) is 5.11 Å². The van der Waals surface area contributed by atoms with E-state index < -0.39 is 5.97 Å². The van der Waals surface area contributed by atoms with Crippen molar-refractivity contribution in [3.63, 3.8) is 0 Å². The number of amides is 1. The SMILES string of the molecule is O=C(CC/C=C/c1ccccc1)NC1CC(C(=O)O)C1. The topological polar surface area (TPSA) is 66.4 Å². The van der Waals surface area contributed by atoms with Gasteiger partial charge >= 0.3 is 5.97 Å². The molecule has 1 saturated carbocycles. The lowest BCUT2D eigenvalue weighted by molar-refractivity contribution is -0.146. The van der Waals surface area contributed by atoms with Crippen LogP contribution >= 0.6 is 0 Å². The maximum Gasteiger partial charge on any atom is 0.306 e. The number of aliphatic carboxylic acids is 1. The van der Waals surface area contributed by atoms with Crippen molar-refractivity contribution in [2.75, 3.05) is 0 Å². The van der Waals surface area contributed by atoms with Gasteiger partial charge in [-0.2, -0.15) is 0 Å². The molecule has 0 saturated heterocycles. The maximum absolute atomic E-state index is 11.6. The fourth-order valence-electron chi connectivity index (χ4n) is 2.24. The van der Waals surface area contributed by atoms with Gasteiger partial charge in [0.15, 0.2) is 0 Å². The molecule has 1 amide bonds. The lowest BCUT2D eigenvalue weighted by Gasteiger charge is -2.32. The summed E-state index contributed by atoms with van der Waals surface area (Å²) in [5.74, 6) is -1.05. The van der Waals surface area contributed by atoms with Crippen LogP contribution in [0.15, 0.2) is 36.4 Å². The second-order valence-corrected chi connectivity index (χ2v) is 5.12. The predicted molar refractivity (Wildman–Crippen MR) is 77.0 cm³/mol. The first kappa shape index (κ1) is 14.3. The first-order chi connectivity index (χ1) is 9.65. The first-order valence-corrected chi connectivity index (χ1v) is 6.89. The third kappa shape index (κ3) is 4.23. The highest BCUT2D eigenvalue weighted by Gasteiger charge is 2.34. The Balaban J connectivity index is 1.62. The number of benzene rings is 1. The van der Waals surface area contributed by atoms with Crippen LogP contribution in [0.4, 0.5) is 0 Å². The summed E-state index contributed by atoms with van der Waals surface area (Å²) in [5, 5.41) is 11.6. The van der Waals surface area contributed by atoms with Gasteiger partial charge < -0.3 is 10.4 Å². The molecular weight excluding hydrogens is 254 g/mol. The van der Waals surface area contributed by atoms with Gasteiger partial charge in [-0.1, -0.05) is 42.5 Å². The number of carboxylic acids is 1. The Morgan fingerprint density at radius 2 is 1.95 bits per heavy atom. The molecule has 106 valence electrons. The van der Waals surface area contributed by atoms with Crippen molar-refractivity contribution in [3.8, 4) is 0 Å². The molecule has 0 aliphatic heterocycles. The third-order valence-electron chi connectivity index (χ3n) is 3.50. The monoisotopic (exact) mass is 273 g/mol. The highest BCUT2D eigenvalue weighted by atomic mass is 16.4. The van der Waals surface area contributed by atoms with Crippen molar-refractivity contribution in [2.24, 2.45) is 5.92 Å². The normalized spacial score (nSPS) is 21.4. The van der Waals surface area contributed by atoms with Gasteiger partial charge in [-0.3, -0.25) is 9.59 Å². The highest BCUT2D eigenvalue weighted by Crippen LogP contribution is 2.27. The van der Waals surface area contributed by atoms with E-state index in [9.17, 15) is 9.59 Å². The van der Waals surface area contributed by atoms with Crippen LogP contribution < -0.4 is 5.32 Å². The fraction of sp³-hybridized carbons (Fsp3) is 0.375. The van der Waals surface area contributed by atoms with Gasteiger partial charge in [0.2, 0.25) is 5.91 Å². The van der Waals surface area contributed by atoms with E-state index >= 15 is 0 Å². The summed E-state index contributed by atoms with van der Waals surface area (Å²) in [5.41, 5.74) is 1.12. The summed E-state index contributed by atoms with van der Waals surface area (Å²) >= 11 is 0. The fourth-order valence-corrected chi connectivity index (χ4v) is 2.24. The summed E-state index contributed by atoms with van der Waals surface area (Å²) in [7, 11) is 0. The van der Waals surface area contributed by atoms with Gasteiger partial charge in [-0.15, -0.1) is 0 Å². The average Bonchev–Trinajstić information content (AvgIpc) is 2.39. The Morgan fingerprint density at radius 1 is 1.25 bits per heavy atom. The molecule has 4 heteroatoms. The number of carbonyl (C=O) groups excluding carboxylic acids is 1. The Morgan fingerprint density at radius 3 is 2.60 bits per heavy atom. The van der Waals surface area contributed by atoms with Gasteiger partial charge in [0.05, 0.1) is 5.92 Å². The summed E-state index contributed by atoms with van der Waals surface area (Å²) in [4.78, 5) is 22.3. The van der Waals surface area contributed by atoms with Crippen LogP contribution in [0.2, 0.25) is 0 Å². The van der Waals surface area contributed by atoms with Crippen LogP contribution in [0, 0.1) is 5.92 Å². The molecular formula is C16H19NO3. The van der Waals surface area contributed by atoms with Crippen LogP contribution in [0.3, 0.4) is 0 Å². The number of carboxylic acid groups (broad SMARTS) is 1. The molecule has 1 aromatic carbocycles. The van der Waals surface area contributed by atoms with Crippen molar-refractivity contribution in [2.45, 2.75) is 31.7 Å². The van der Waals surface area contributed by atoms with Gasteiger partial charge in [0.1, 0.15) is 0 Å². The number of carbonyl (C=O) groups is 2. The number of nitrogens with one attached hydrogen (secondary N) is 1. The third-order valence-corrected chi connectivity index (χ3v) is 3.50. The molecule has 2 rings (SSSR count). The van der Waals surface area contributed by atoms with E-state index in [1.54, 1.807) is 0 Å². The van der Waals surface area contributed by atoms with Crippen molar-refractivity contribution in [3.05, 3.63) is 42.0 Å². The van der Waals surface area contributed by atoms with E-state index in [2.05, 4.69) is 5.32 Å². The standard InChI is InChI=1S/C16H19NO3/c18-15(17-14-10-13(11-14)16(19)20)9-5-4-8-12-6-2-1-3-7-12/h1-4,6-8,13-14H,5,9-11H2,(H,17,18)(H,19,20)/b8-4+. The zero-order valence-electron chi connectivity index (χ0n) is 11.3. The van der Waals surface area contributed by atoms with Crippen molar-refractivity contribution < 1.29 is 14.7 Å². The Labute approximate surface area is 118 Å². The Hall–Kier alpha value is -2.10. The van der Waals surface area contributed by atoms with E-state index in [1.807, 2.05) is 42.5 Å². The summed E-state index contributed by atoms with van der Waals surface area (Å²) in [6.45, 7) is 0. The van der Waals surface area contributed by atoms with Gasteiger partial charge in [-0.25, -0.2) is 0 Å². The number of hydrogen-bond donors (Lipinski definition) is 2. The Bertz CT molecular complexity index is 490. The lowest BCUT2D eigenvalue weighted by atomic mass is 9.80. The summed E-state index contributed by atoms with van der Waals surface area (Å²) in [6.07, 6.45) is 6.22. The quantitative estimate of drug-likeness (QED) is 0.836. The Kier molecular flexibility index (Phi) is 4.93. The highest BCUT2D eigenvalue weighted by molar-refractivity contribution is 5.77. The van der Waals surface area contributed by atoms with Crippen molar-refractivity contribution in [1.29, 1.82) is 0 Å². The maximum atomic E-state index is 11.6. The molecule has 0 bridgehead atoms. The minimum atomic E-state index is -0.763. The molecule has 0 unspecified atom stereocenters. The van der Waals surface area contributed by atoms with Crippen LogP contribution in [0.5, 0.6) is 0 Å². The van der Waals surface area contributed by atoms with E-state index in [0.29, 0.717) is 25.7 Å². The number of rotatable bonds is 6. The molecule has 0 radical (unpaired) electrons. The second kappa shape index (κ2) is 6.89. The summed E-state index contributed by atoms with van der Waals surface area (Å²) in [6, 6.07) is 9.98. The van der Waals surface area contributed by atoms with E-state index in [-0.39, 0.29) is 17.9 Å². The molecule has 0 aromatic heterocycles. The van der Waals surface area contributed by atoms with Crippen LogP contribution in [0.1, 0.15) is 31.2 Å². The smallest absolute Gasteiger partial charge is 0.306 e. The molecule has 1 fully saturated rings. The van der Waals surface area contributed by atoms with E-state index in [1.165, 1.54) is 0 Å². The first-order valence-electron chi connectivity index (χ1n) is 6.89. The molecule has 20 heavy (non-hydrogen) atoms. The predicted octanol–water partition coefficient (Wildman–Crippen LogP) is 2.46. The van der Waals surface area contributed by atoms with Crippen molar-refractivity contribution in [1.82, 2.24) is 5.32 Å². The largest absolute Gasteiger partial charge is 0.481 e. The zero-order valence-corrected chi connectivity index (χ0v) is 11.3. The van der Waals surface area contributed by atoms with E-state index in [0.717, 1.165) is 5.56 Å². The van der Waals surface area contributed by atoms with Gasteiger partial charge in [0, 0.05) is 12.5 Å². The molecule has 0 heterocycles.